The summed E-state index contributed by atoms with van der Waals surface area (Å²) in [6.45, 7) is 10.2. The highest BCUT2D eigenvalue weighted by Gasteiger charge is 2.24. The van der Waals surface area contributed by atoms with E-state index in [-0.39, 0.29) is 18.7 Å². The lowest BCUT2D eigenvalue weighted by molar-refractivity contribution is 0.0172. The van der Waals surface area contributed by atoms with Gasteiger partial charge in [-0.25, -0.2) is 4.79 Å². The van der Waals surface area contributed by atoms with Crippen LogP contribution in [0, 0.1) is 0 Å². The van der Waals surface area contributed by atoms with Gasteiger partial charge in [0.2, 0.25) is 0 Å². The standard InChI is InChI=1S/C17H27NO3/c1-13(2)18(16(20)21-17(3,4)5)12-15-8-6-7-14(11-15)9-10-19/h6-8,11,13,19H,9-10,12H2,1-5H3. The summed E-state index contributed by atoms with van der Waals surface area (Å²) in [5.41, 5.74) is 1.62. The SMILES string of the molecule is CC(C)N(Cc1cccc(CCO)c1)C(=O)OC(C)(C)C. The number of carbonyl (C=O) groups excluding carboxylic acids is 1. The highest BCUT2D eigenvalue weighted by atomic mass is 16.6. The predicted molar refractivity (Wildman–Crippen MR) is 84.1 cm³/mol. The van der Waals surface area contributed by atoms with E-state index in [2.05, 4.69) is 0 Å². The summed E-state index contributed by atoms with van der Waals surface area (Å²) in [4.78, 5) is 14.0. The molecule has 1 aromatic rings. The molecule has 0 aliphatic carbocycles. The van der Waals surface area contributed by atoms with Crippen LogP contribution in [0.1, 0.15) is 45.7 Å². The minimum absolute atomic E-state index is 0.0568. The topological polar surface area (TPSA) is 49.8 Å². The predicted octanol–water partition coefficient (Wildman–Crippen LogP) is 3.37. The zero-order valence-electron chi connectivity index (χ0n) is 13.7. The van der Waals surface area contributed by atoms with Crippen molar-refractivity contribution in [2.75, 3.05) is 6.61 Å². The molecule has 1 N–H and O–H groups in total. The molecule has 0 spiro atoms. The van der Waals surface area contributed by atoms with Crippen LogP contribution in [0.15, 0.2) is 24.3 Å². The summed E-state index contributed by atoms with van der Waals surface area (Å²) < 4.78 is 5.46. The van der Waals surface area contributed by atoms with E-state index in [1.165, 1.54) is 0 Å². The molecule has 0 saturated carbocycles. The third kappa shape index (κ3) is 6.17. The minimum Gasteiger partial charge on any atom is -0.444 e. The fraction of sp³-hybridized carbons (Fsp3) is 0.588. The van der Waals surface area contributed by atoms with Crippen molar-refractivity contribution in [3.63, 3.8) is 0 Å². The minimum atomic E-state index is -0.497. The molecule has 0 heterocycles. The third-order valence-corrected chi connectivity index (χ3v) is 3.00. The quantitative estimate of drug-likeness (QED) is 0.905. The number of ether oxygens (including phenoxy) is 1. The average molecular weight is 293 g/mol. The largest absolute Gasteiger partial charge is 0.444 e. The Hall–Kier alpha value is -1.55. The number of hydrogen-bond donors (Lipinski definition) is 1. The van der Waals surface area contributed by atoms with E-state index >= 15 is 0 Å². The lowest BCUT2D eigenvalue weighted by Crippen LogP contribution is -2.40. The Kier molecular flexibility index (Phi) is 6.21. The Labute approximate surface area is 127 Å². The average Bonchev–Trinajstić information content (AvgIpc) is 2.34. The summed E-state index contributed by atoms with van der Waals surface area (Å²) >= 11 is 0. The fourth-order valence-electron chi connectivity index (χ4n) is 1.99. The summed E-state index contributed by atoms with van der Waals surface area (Å²) in [6.07, 6.45) is 0.326. The smallest absolute Gasteiger partial charge is 0.410 e. The molecule has 0 atom stereocenters. The van der Waals surface area contributed by atoms with Crippen LogP contribution >= 0.6 is 0 Å². The molecule has 4 heteroatoms. The van der Waals surface area contributed by atoms with Gasteiger partial charge in [0.15, 0.2) is 0 Å². The molecule has 0 bridgehead atoms. The normalized spacial score (nSPS) is 11.6. The maximum Gasteiger partial charge on any atom is 0.410 e. The van der Waals surface area contributed by atoms with Gasteiger partial charge in [-0.05, 0) is 52.2 Å². The van der Waals surface area contributed by atoms with Gasteiger partial charge in [-0.1, -0.05) is 24.3 Å². The number of benzene rings is 1. The van der Waals surface area contributed by atoms with E-state index in [0.29, 0.717) is 13.0 Å². The molecule has 0 aliphatic heterocycles. The molecule has 1 aromatic carbocycles. The van der Waals surface area contributed by atoms with Gasteiger partial charge in [0.25, 0.3) is 0 Å². The van der Waals surface area contributed by atoms with Crippen LogP contribution in [-0.2, 0) is 17.7 Å². The molecule has 4 nitrogen and oxygen atoms in total. The lowest BCUT2D eigenvalue weighted by atomic mass is 10.1. The Balaban J connectivity index is 2.83. The number of nitrogens with zero attached hydrogens (tertiary/aromatic N) is 1. The molecule has 118 valence electrons. The lowest BCUT2D eigenvalue weighted by Gasteiger charge is -2.30. The van der Waals surface area contributed by atoms with Gasteiger partial charge in [-0.15, -0.1) is 0 Å². The van der Waals surface area contributed by atoms with Gasteiger partial charge in [0.1, 0.15) is 5.60 Å². The molecule has 0 unspecified atom stereocenters. The van der Waals surface area contributed by atoms with Crippen molar-refractivity contribution in [2.45, 2.75) is 59.2 Å². The third-order valence-electron chi connectivity index (χ3n) is 3.00. The molecule has 21 heavy (non-hydrogen) atoms. The van der Waals surface area contributed by atoms with Crippen molar-refractivity contribution < 1.29 is 14.6 Å². The molecule has 0 radical (unpaired) electrons. The second kappa shape index (κ2) is 7.46. The first kappa shape index (κ1) is 17.5. The van der Waals surface area contributed by atoms with Crippen LogP contribution in [-0.4, -0.2) is 34.3 Å². The number of rotatable bonds is 5. The van der Waals surface area contributed by atoms with Crippen molar-refractivity contribution in [3.05, 3.63) is 35.4 Å². The maximum atomic E-state index is 12.3. The highest BCUT2D eigenvalue weighted by molar-refractivity contribution is 5.68. The summed E-state index contributed by atoms with van der Waals surface area (Å²) in [5.74, 6) is 0. The van der Waals surface area contributed by atoms with Crippen LogP contribution in [0.3, 0.4) is 0 Å². The molecule has 0 saturated heterocycles. The Morgan fingerprint density at radius 3 is 2.43 bits per heavy atom. The molecule has 0 aromatic heterocycles. The van der Waals surface area contributed by atoms with Gasteiger partial charge in [-0.2, -0.15) is 0 Å². The summed E-state index contributed by atoms with van der Waals surface area (Å²) in [7, 11) is 0. The number of aliphatic hydroxyl groups excluding tert-OH is 1. The molecule has 1 rings (SSSR count). The molecule has 1 amide bonds. The van der Waals surface area contributed by atoms with Crippen LogP contribution in [0.5, 0.6) is 0 Å². The van der Waals surface area contributed by atoms with Gasteiger partial charge in [-0.3, -0.25) is 0 Å². The Morgan fingerprint density at radius 1 is 1.29 bits per heavy atom. The van der Waals surface area contributed by atoms with Gasteiger partial charge in [0, 0.05) is 19.2 Å². The van der Waals surface area contributed by atoms with E-state index in [4.69, 9.17) is 9.84 Å². The van der Waals surface area contributed by atoms with E-state index < -0.39 is 5.60 Å². The number of carbonyl (C=O) groups is 1. The number of amides is 1. The van der Waals surface area contributed by atoms with Crippen molar-refractivity contribution in [3.8, 4) is 0 Å². The monoisotopic (exact) mass is 293 g/mol. The van der Waals surface area contributed by atoms with E-state index in [0.717, 1.165) is 11.1 Å². The van der Waals surface area contributed by atoms with Crippen molar-refractivity contribution in [1.82, 2.24) is 4.90 Å². The molecular formula is C17H27NO3. The van der Waals surface area contributed by atoms with Gasteiger partial charge < -0.3 is 14.7 Å². The number of hydrogen-bond acceptors (Lipinski definition) is 3. The van der Waals surface area contributed by atoms with Crippen LogP contribution < -0.4 is 0 Å². The van der Waals surface area contributed by atoms with Gasteiger partial charge >= 0.3 is 6.09 Å². The summed E-state index contributed by atoms with van der Waals surface area (Å²) in [5, 5.41) is 9.01. The van der Waals surface area contributed by atoms with E-state index in [1.54, 1.807) is 4.90 Å². The Bertz CT molecular complexity index is 463. The van der Waals surface area contributed by atoms with Crippen LogP contribution in [0.25, 0.3) is 0 Å². The zero-order valence-corrected chi connectivity index (χ0v) is 13.7. The van der Waals surface area contributed by atoms with E-state index in [1.807, 2.05) is 58.9 Å². The van der Waals surface area contributed by atoms with Crippen LogP contribution in [0.4, 0.5) is 4.79 Å². The molecular weight excluding hydrogens is 266 g/mol. The van der Waals surface area contributed by atoms with Gasteiger partial charge in [0.05, 0.1) is 0 Å². The van der Waals surface area contributed by atoms with Crippen LogP contribution in [0.2, 0.25) is 0 Å². The highest BCUT2D eigenvalue weighted by Crippen LogP contribution is 2.16. The second-order valence-electron chi connectivity index (χ2n) is 6.50. The van der Waals surface area contributed by atoms with Crippen molar-refractivity contribution in [1.29, 1.82) is 0 Å². The summed E-state index contributed by atoms with van der Waals surface area (Å²) in [6, 6.07) is 8.00. The number of aliphatic hydroxyl groups is 1. The van der Waals surface area contributed by atoms with E-state index in [9.17, 15) is 4.79 Å². The first-order valence-electron chi connectivity index (χ1n) is 7.41. The fourth-order valence-corrected chi connectivity index (χ4v) is 1.99. The maximum absolute atomic E-state index is 12.3. The second-order valence-corrected chi connectivity index (χ2v) is 6.50. The first-order chi connectivity index (χ1) is 9.73. The first-order valence-corrected chi connectivity index (χ1v) is 7.41. The molecule has 0 aliphatic rings. The van der Waals surface area contributed by atoms with Crippen molar-refractivity contribution in [2.24, 2.45) is 0 Å². The van der Waals surface area contributed by atoms with Crippen molar-refractivity contribution >= 4 is 6.09 Å². The Morgan fingerprint density at radius 2 is 1.90 bits per heavy atom. The zero-order chi connectivity index (χ0) is 16.0. The molecule has 0 fully saturated rings.